The standard InChI is InChI=1S/C8H13N3OS/c1-6(5-13-2)7(12)11-8-9-3-4-10-8/h3-4,6H,5H2,1-2H3,(H2,9,10,11,12). The number of hydrogen-bond acceptors (Lipinski definition) is 3. The summed E-state index contributed by atoms with van der Waals surface area (Å²) in [6.45, 7) is 1.90. The van der Waals surface area contributed by atoms with Crippen LogP contribution in [0, 0.1) is 5.92 Å². The van der Waals surface area contributed by atoms with Crippen LogP contribution in [0.2, 0.25) is 0 Å². The van der Waals surface area contributed by atoms with E-state index in [-0.39, 0.29) is 11.8 Å². The van der Waals surface area contributed by atoms with Crippen molar-refractivity contribution in [2.24, 2.45) is 5.92 Å². The van der Waals surface area contributed by atoms with Crippen LogP contribution in [-0.4, -0.2) is 27.9 Å². The first kappa shape index (κ1) is 10.1. The van der Waals surface area contributed by atoms with Crippen molar-refractivity contribution in [3.8, 4) is 0 Å². The lowest BCUT2D eigenvalue weighted by Gasteiger charge is -2.08. The minimum absolute atomic E-state index is 0.00398. The Balaban J connectivity index is 2.41. The monoisotopic (exact) mass is 199 g/mol. The summed E-state index contributed by atoms with van der Waals surface area (Å²) in [4.78, 5) is 18.1. The number of imidazole rings is 1. The van der Waals surface area contributed by atoms with Crippen LogP contribution in [0.5, 0.6) is 0 Å². The van der Waals surface area contributed by atoms with Gasteiger partial charge in [0.25, 0.3) is 0 Å². The van der Waals surface area contributed by atoms with Gasteiger partial charge in [-0.15, -0.1) is 0 Å². The van der Waals surface area contributed by atoms with Crippen molar-refractivity contribution in [1.82, 2.24) is 9.97 Å². The second-order valence-corrected chi connectivity index (χ2v) is 3.69. The summed E-state index contributed by atoms with van der Waals surface area (Å²) in [6.07, 6.45) is 5.26. The third-order valence-corrected chi connectivity index (χ3v) is 2.44. The smallest absolute Gasteiger partial charge is 0.230 e. The third-order valence-electron chi connectivity index (χ3n) is 1.60. The Morgan fingerprint density at radius 3 is 3.15 bits per heavy atom. The molecule has 1 amide bonds. The summed E-state index contributed by atoms with van der Waals surface area (Å²) in [5.74, 6) is 1.36. The van der Waals surface area contributed by atoms with Gasteiger partial charge in [-0.3, -0.25) is 10.1 Å². The van der Waals surface area contributed by atoms with Gasteiger partial charge < -0.3 is 4.98 Å². The molecule has 4 nitrogen and oxygen atoms in total. The van der Waals surface area contributed by atoms with Gasteiger partial charge in [-0.05, 0) is 6.26 Å². The summed E-state index contributed by atoms with van der Waals surface area (Å²) in [5, 5.41) is 2.69. The van der Waals surface area contributed by atoms with E-state index in [0.29, 0.717) is 5.95 Å². The molecule has 1 unspecified atom stereocenters. The number of thioether (sulfide) groups is 1. The van der Waals surface area contributed by atoms with Crippen molar-refractivity contribution in [2.75, 3.05) is 17.3 Å². The highest BCUT2D eigenvalue weighted by molar-refractivity contribution is 7.98. The Hall–Kier alpha value is -0.970. The molecule has 0 saturated heterocycles. The number of H-pyrrole nitrogens is 1. The van der Waals surface area contributed by atoms with Crippen molar-refractivity contribution in [1.29, 1.82) is 0 Å². The number of carbonyl (C=O) groups is 1. The number of rotatable bonds is 4. The average Bonchev–Trinajstić information content (AvgIpc) is 2.57. The van der Waals surface area contributed by atoms with E-state index in [0.717, 1.165) is 5.75 Å². The van der Waals surface area contributed by atoms with Crippen molar-refractivity contribution in [2.45, 2.75) is 6.92 Å². The number of nitrogens with one attached hydrogen (secondary N) is 2. The first-order valence-electron chi connectivity index (χ1n) is 4.03. The number of hydrogen-bond donors (Lipinski definition) is 2. The second-order valence-electron chi connectivity index (χ2n) is 2.78. The number of aromatic nitrogens is 2. The van der Waals surface area contributed by atoms with Gasteiger partial charge in [-0.2, -0.15) is 11.8 Å². The summed E-state index contributed by atoms with van der Waals surface area (Å²) in [7, 11) is 0. The molecule has 0 bridgehead atoms. The molecule has 0 fully saturated rings. The fraction of sp³-hybridized carbons (Fsp3) is 0.500. The van der Waals surface area contributed by atoms with Crippen LogP contribution in [0.4, 0.5) is 5.95 Å². The molecule has 72 valence electrons. The maximum absolute atomic E-state index is 11.4. The first-order chi connectivity index (χ1) is 6.24. The van der Waals surface area contributed by atoms with Crippen molar-refractivity contribution < 1.29 is 4.79 Å². The molecule has 0 radical (unpaired) electrons. The van der Waals surface area contributed by atoms with E-state index in [9.17, 15) is 4.79 Å². The van der Waals surface area contributed by atoms with Crippen LogP contribution < -0.4 is 5.32 Å². The average molecular weight is 199 g/mol. The topological polar surface area (TPSA) is 57.8 Å². The predicted molar refractivity (Wildman–Crippen MR) is 54.8 cm³/mol. The SMILES string of the molecule is CSCC(C)C(=O)Nc1ncc[nH]1. The van der Waals surface area contributed by atoms with Gasteiger partial charge in [0.2, 0.25) is 11.9 Å². The number of amides is 1. The van der Waals surface area contributed by atoms with Crippen LogP contribution in [0.3, 0.4) is 0 Å². The molecule has 1 rings (SSSR count). The Labute approximate surface area is 81.5 Å². The normalized spacial score (nSPS) is 12.5. The van der Waals surface area contributed by atoms with E-state index in [1.54, 1.807) is 24.2 Å². The zero-order valence-electron chi connectivity index (χ0n) is 7.70. The fourth-order valence-corrected chi connectivity index (χ4v) is 1.55. The van der Waals surface area contributed by atoms with E-state index in [1.807, 2.05) is 13.2 Å². The number of aromatic amines is 1. The van der Waals surface area contributed by atoms with Crippen molar-refractivity contribution in [3.63, 3.8) is 0 Å². The molecular formula is C8H13N3OS. The molecule has 2 N–H and O–H groups in total. The highest BCUT2D eigenvalue weighted by Crippen LogP contribution is 2.06. The molecular weight excluding hydrogens is 186 g/mol. The molecule has 0 aliphatic carbocycles. The highest BCUT2D eigenvalue weighted by atomic mass is 32.2. The third kappa shape index (κ3) is 3.10. The first-order valence-corrected chi connectivity index (χ1v) is 5.42. The number of anilines is 1. The van der Waals surface area contributed by atoms with Gasteiger partial charge in [0.05, 0.1) is 0 Å². The molecule has 1 aromatic rings. The van der Waals surface area contributed by atoms with Crippen molar-refractivity contribution in [3.05, 3.63) is 12.4 Å². The summed E-state index contributed by atoms with van der Waals surface area (Å²) in [5.41, 5.74) is 0. The zero-order chi connectivity index (χ0) is 9.68. The molecule has 0 saturated carbocycles. The lowest BCUT2D eigenvalue weighted by atomic mass is 10.2. The van der Waals surface area contributed by atoms with Crippen molar-refractivity contribution >= 4 is 23.6 Å². The van der Waals surface area contributed by atoms with E-state index >= 15 is 0 Å². The molecule has 0 spiro atoms. The predicted octanol–water partition coefficient (Wildman–Crippen LogP) is 1.35. The Morgan fingerprint density at radius 2 is 2.62 bits per heavy atom. The highest BCUT2D eigenvalue weighted by Gasteiger charge is 2.12. The molecule has 1 aromatic heterocycles. The van der Waals surface area contributed by atoms with E-state index < -0.39 is 0 Å². The Bertz CT molecular complexity index is 260. The largest absolute Gasteiger partial charge is 0.331 e. The molecule has 0 aliphatic rings. The molecule has 0 aromatic carbocycles. The number of nitrogens with zero attached hydrogens (tertiary/aromatic N) is 1. The molecule has 1 atom stereocenters. The van der Waals surface area contributed by atoms with Gasteiger partial charge in [0, 0.05) is 24.1 Å². The minimum Gasteiger partial charge on any atom is -0.331 e. The molecule has 5 heteroatoms. The summed E-state index contributed by atoms with van der Waals surface area (Å²) < 4.78 is 0. The van der Waals surface area contributed by atoms with Gasteiger partial charge >= 0.3 is 0 Å². The summed E-state index contributed by atoms with van der Waals surface area (Å²) in [6, 6.07) is 0. The Morgan fingerprint density at radius 1 is 1.85 bits per heavy atom. The lowest BCUT2D eigenvalue weighted by Crippen LogP contribution is -2.22. The van der Waals surface area contributed by atoms with Crippen LogP contribution in [0.15, 0.2) is 12.4 Å². The van der Waals surface area contributed by atoms with Crippen LogP contribution in [0.25, 0.3) is 0 Å². The maximum Gasteiger partial charge on any atom is 0.230 e. The molecule has 0 aliphatic heterocycles. The van der Waals surface area contributed by atoms with E-state index in [1.165, 1.54) is 0 Å². The van der Waals surface area contributed by atoms with E-state index in [2.05, 4.69) is 15.3 Å². The van der Waals surface area contributed by atoms with E-state index in [4.69, 9.17) is 0 Å². The van der Waals surface area contributed by atoms with Crippen LogP contribution in [-0.2, 0) is 4.79 Å². The quantitative estimate of drug-likeness (QED) is 0.769. The minimum atomic E-state index is 0.00398. The van der Waals surface area contributed by atoms with Gasteiger partial charge in [0.15, 0.2) is 0 Å². The van der Waals surface area contributed by atoms with Gasteiger partial charge in [-0.1, -0.05) is 6.92 Å². The number of carbonyl (C=O) groups excluding carboxylic acids is 1. The van der Waals surface area contributed by atoms with Crippen LogP contribution >= 0.6 is 11.8 Å². The summed E-state index contributed by atoms with van der Waals surface area (Å²) >= 11 is 1.66. The second kappa shape index (κ2) is 4.91. The Kier molecular flexibility index (Phi) is 3.82. The maximum atomic E-state index is 11.4. The molecule has 13 heavy (non-hydrogen) atoms. The lowest BCUT2D eigenvalue weighted by molar-refractivity contribution is -0.118. The fourth-order valence-electron chi connectivity index (χ4n) is 0.899. The van der Waals surface area contributed by atoms with Gasteiger partial charge in [-0.25, -0.2) is 4.98 Å². The van der Waals surface area contributed by atoms with Gasteiger partial charge in [0.1, 0.15) is 0 Å². The molecule has 1 heterocycles. The zero-order valence-corrected chi connectivity index (χ0v) is 8.52. The van der Waals surface area contributed by atoms with Crippen LogP contribution in [0.1, 0.15) is 6.92 Å².